The zero-order chi connectivity index (χ0) is 18.1. The first-order chi connectivity index (χ1) is 12.6. The van der Waals surface area contributed by atoms with Crippen molar-refractivity contribution < 1.29 is 18.7 Å². The number of nitrogens with zero attached hydrogens (tertiary/aromatic N) is 3. The fourth-order valence-electron chi connectivity index (χ4n) is 2.08. The number of furan rings is 1. The molecule has 0 saturated carbocycles. The molecule has 130 valence electrons. The predicted octanol–water partition coefficient (Wildman–Crippen LogP) is 4.28. The topological polar surface area (TPSA) is 124 Å². The fourth-order valence-corrected chi connectivity index (χ4v) is 3.67. The molecule has 0 radical (unpaired) electrons. The standard InChI is InChI=1S/C15H8N4O5S2/c20-14(9-5-12(24-18-9)11-2-1-3-23-11)17-15-16-10(7-26-15)13-4-8(6-25-13)19(21)22/h1-7H,(H,16,17,20). The van der Waals surface area contributed by atoms with E-state index in [1.54, 1.807) is 17.5 Å². The van der Waals surface area contributed by atoms with Gasteiger partial charge in [-0.25, -0.2) is 4.98 Å². The molecule has 0 fully saturated rings. The number of nitro groups is 1. The van der Waals surface area contributed by atoms with Crippen LogP contribution >= 0.6 is 22.7 Å². The summed E-state index contributed by atoms with van der Waals surface area (Å²) in [6.07, 6.45) is 1.49. The number of anilines is 1. The monoisotopic (exact) mass is 388 g/mol. The molecule has 4 rings (SSSR count). The van der Waals surface area contributed by atoms with Crippen molar-refractivity contribution in [1.82, 2.24) is 10.1 Å². The van der Waals surface area contributed by atoms with E-state index in [1.165, 1.54) is 46.4 Å². The lowest BCUT2D eigenvalue weighted by Crippen LogP contribution is -2.11. The second-order valence-corrected chi connectivity index (χ2v) is 6.74. The van der Waals surface area contributed by atoms with Crippen LogP contribution in [0.2, 0.25) is 0 Å². The summed E-state index contributed by atoms with van der Waals surface area (Å²) in [6.45, 7) is 0. The molecule has 0 unspecified atom stereocenters. The van der Waals surface area contributed by atoms with Crippen LogP contribution in [0.25, 0.3) is 22.1 Å². The highest BCUT2D eigenvalue weighted by atomic mass is 32.1. The predicted molar refractivity (Wildman–Crippen MR) is 94.2 cm³/mol. The first-order valence-corrected chi connectivity index (χ1v) is 8.87. The molecule has 0 aliphatic heterocycles. The summed E-state index contributed by atoms with van der Waals surface area (Å²) in [7, 11) is 0. The summed E-state index contributed by atoms with van der Waals surface area (Å²) in [4.78, 5) is 27.5. The van der Waals surface area contributed by atoms with E-state index >= 15 is 0 Å². The van der Waals surface area contributed by atoms with Crippen molar-refractivity contribution in [2.24, 2.45) is 0 Å². The van der Waals surface area contributed by atoms with Gasteiger partial charge in [-0.15, -0.1) is 22.7 Å². The highest BCUT2D eigenvalue weighted by Crippen LogP contribution is 2.33. The minimum atomic E-state index is -0.482. The van der Waals surface area contributed by atoms with E-state index in [0.717, 1.165) is 0 Å². The van der Waals surface area contributed by atoms with Crippen LogP contribution in [0.1, 0.15) is 10.5 Å². The molecule has 0 aliphatic rings. The Morgan fingerprint density at radius 2 is 2.12 bits per heavy atom. The molecular weight excluding hydrogens is 380 g/mol. The number of hydrogen-bond acceptors (Lipinski definition) is 9. The summed E-state index contributed by atoms with van der Waals surface area (Å²) in [5.41, 5.74) is 0.649. The molecule has 0 spiro atoms. The van der Waals surface area contributed by atoms with Gasteiger partial charge in [-0.1, -0.05) is 5.16 Å². The van der Waals surface area contributed by atoms with Crippen molar-refractivity contribution in [3.05, 3.63) is 57.1 Å². The van der Waals surface area contributed by atoms with Crippen LogP contribution in [0.3, 0.4) is 0 Å². The van der Waals surface area contributed by atoms with Gasteiger partial charge in [0, 0.05) is 17.5 Å². The van der Waals surface area contributed by atoms with Crippen molar-refractivity contribution in [2.45, 2.75) is 0 Å². The van der Waals surface area contributed by atoms with E-state index in [9.17, 15) is 14.9 Å². The Labute approximate surface area is 153 Å². The van der Waals surface area contributed by atoms with Gasteiger partial charge in [0.05, 0.1) is 27.1 Å². The van der Waals surface area contributed by atoms with Crippen LogP contribution in [0.4, 0.5) is 10.8 Å². The first kappa shape index (κ1) is 16.2. The summed E-state index contributed by atoms with van der Waals surface area (Å²) in [5.74, 6) is 0.322. The SMILES string of the molecule is O=C(Nc1nc(-c2cc([N+](=O)[O-])cs2)cs1)c1cc(-c2ccco2)on1. The number of thiophene rings is 1. The van der Waals surface area contributed by atoms with Crippen molar-refractivity contribution in [3.63, 3.8) is 0 Å². The van der Waals surface area contributed by atoms with Gasteiger partial charge >= 0.3 is 0 Å². The maximum Gasteiger partial charge on any atom is 0.280 e. The third-order valence-corrected chi connectivity index (χ3v) is 4.98. The second kappa shape index (κ2) is 6.54. The third-order valence-electron chi connectivity index (χ3n) is 3.28. The van der Waals surface area contributed by atoms with Gasteiger partial charge < -0.3 is 8.94 Å². The second-order valence-electron chi connectivity index (χ2n) is 4.97. The molecule has 0 saturated heterocycles. The van der Waals surface area contributed by atoms with E-state index in [-0.39, 0.29) is 11.4 Å². The number of thiazole rings is 1. The number of rotatable bonds is 5. The van der Waals surface area contributed by atoms with Crippen LogP contribution in [-0.4, -0.2) is 21.0 Å². The quantitative estimate of drug-likeness (QED) is 0.399. The highest BCUT2D eigenvalue weighted by molar-refractivity contribution is 7.16. The molecule has 9 nitrogen and oxygen atoms in total. The highest BCUT2D eigenvalue weighted by Gasteiger charge is 2.18. The molecule has 0 aliphatic carbocycles. The summed E-state index contributed by atoms with van der Waals surface area (Å²) >= 11 is 2.42. The molecule has 26 heavy (non-hydrogen) atoms. The van der Waals surface area contributed by atoms with Gasteiger partial charge in [-0.05, 0) is 12.1 Å². The van der Waals surface area contributed by atoms with Crippen molar-refractivity contribution in [1.29, 1.82) is 0 Å². The number of hydrogen-bond donors (Lipinski definition) is 1. The Bertz CT molecular complexity index is 1080. The lowest BCUT2D eigenvalue weighted by atomic mass is 10.3. The minimum absolute atomic E-state index is 0.0108. The van der Waals surface area contributed by atoms with E-state index < -0.39 is 10.8 Å². The Balaban J connectivity index is 1.48. The number of carbonyl (C=O) groups is 1. The number of amides is 1. The molecule has 4 aromatic heterocycles. The summed E-state index contributed by atoms with van der Waals surface area (Å²) in [6, 6.07) is 6.29. The van der Waals surface area contributed by atoms with Gasteiger partial charge in [0.15, 0.2) is 16.6 Å². The summed E-state index contributed by atoms with van der Waals surface area (Å²) in [5, 5.41) is 20.6. The lowest BCUT2D eigenvalue weighted by molar-refractivity contribution is -0.384. The van der Waals surface area contributed by atoms with Crippen LogP contribution in [0.15, 0.2) is 50.2 Å². The van der Waals surface area contributed by atoms with Gasteiger partial charge in [0.2, 0.25) is 5.76 Å². The first-order valence-electron chi connectivity index (χ1n) is 7.11. The zero-order valence-electron chi connectivity index (χ0n) is 12.7. The molecule has 0 atom stereocenters. The maximum atomic E-state index is 12.3. The zero-order valence-corrected chi connectivity index (χ0v) is 14.4. The molecule has 11 heteroatoms. The number of aromatic nitrogens is 2. The van der Waals surface area contributed by atoms with Crippen molar-refractivity contribution in [2.75, 3.05) is 5.32 Å². The lowest BCUT2D eigenvalue weighted by Gasteiger charge is -1.96. The van der Waals surface area contributed by atoms with Crippen LogP contribution in [0.5, 0.6) is 0 Å². The normalized spacial score (nSPS) is 10.8. The van der Waals surface area contributed by atoms with E-state index in [2.05, 4.69) is 15.5 Å². The minimum Gasteiger partial charge on any atom is -0.461 e. The number of carbonyl (C=O) groups excluding carboxylic acids is 1. The Morgan fingerprint density at radius 3 is 2.85 bits per heavy atom. The van der Waals surface area contributed by atoms with Crippen LogP contribution in [0, 0.1) is 10.1 Å². The average Bonchev–Trinajstić information content (AvgIpc) is 3.39. The Morgan fingerprint density at radius 1 is 1.23 bits per heavy atom. The third kappa shape index (κ3) is 3.12. The van der Waals surface area contributed by atoms with Gasteiger partial charge in [0.1, 0.15) is 0 Å². The smallest absolute Gasteiger partial charge is 0.280 e. The molecule has 0 aromatic carbocycles. The van der Waals surface area contributed by atoms with E-state index in [4.69, 9.17) is 8.94 Å². The van der Waals surface area contributed by atoms with Gasteiger partial charge in [-0.2, -0.15) is 0 Å². The molecule has 4 heterocycles. The van der Waals surface area contributed by atoms with E-state index in [1.807, 2.05) is 0 Å². The molecule has 1 N–H and O–H groups in total. The van der Waals surface area contributed by atoms with Crippen molar-refractivity contribution in [3.8, 4) is 22.1 Å². The molecular formula is C15H8N4O5S2. The summed E-state index contributed by atoms with van der Waals surface area (Å²) < 4.78 is 10.3. The molecule has 4 aromatic rings. The number of nitrogens with one attached hydrogen (secondary N) is 1. The van der Waals surface area contributed by atoms with Gasteiger partial charge in [0.25, 0.3) is 11.6 Å². The van der Waals surface area contributed by atoms with Crippen molar-refractivity contribution >= 4 is 39.4 Å². The fraction of sp³-hybridized carbons (Fsp3) is 0. The maximum absolute atomic E-state index is 12.3. The largest absolute Gasteiger partial charge is 0.461 e. The Kier molecular flexibility index (Phi) is 4.07. The molecule has 0 bridgehead atoms. The van der Waals surface area contributed by atoms with Crippen LogP contribution < -0.4 is 5.32 Å². The van der Waals surface area contributed by atoms with Crippen LogP contribution in [-0.2, 0) is 0 Å². The average molecular weight is 388 g/mol. The van der Waals surface area contributed by atoms with E-state index in [0.29, 0.717) is 27.2 Å². The Hall–Kier alpha value is -3.31. The van der Waals surface area contributed by atoms with Gasteiger partial charge in [-0.3, -0.25) is 20.2 Å². The molecule has 1 amide bonds.